The number of amides is 1. The fourth-order valence-electron chi connectivity index (χ4n) is 2.25. The summed E-state index contributed by atoms with van der Waals surface area (Å²) in [6, 6.07) is 14.7. The Morgan fingerprint density at radius 3 is 2.64 bits per heavy atom. The van der Waals surface area contributed by atoms with E-state index < -0.39 is 0 Å². The van der Waals surface area contributed by atoms with Crippen LogP contribution in [0.3, 0.4) is 0 Å². The zero-order valence-corrected chi connectivity index (χ0v) is 14.7. The molecule has 0 aliphatic carbocycles. The van der Waals surface area contributed by atoms with E-state index in [1.54, 1.807) is 24.3 Å². The average Bonchev–Trinajstić information content (AvgIpc) is 3.04. The van der Waals surface area contributed by atoms with Gasteiger partial charge in [0.05, 0.1) is 0 Å². The van der Waals surface area contributed by atoms with Gasteiger partial charge in [-0.1, -0.05) is 35.3 Å². The quantitative estimate of drug-likeness (QED) is 0.718. The molecule has 6 nitrogen and oxygen atoms in total. The Bertz CT molecular complexity index is 863. The van der Waals surface area contributed by atoms with Crippen molar-refractivity contribution in [3.05, 3.63) is 64.1 Å². The molecule has 0 aliphatic heterocycles. The molecule has 128 valence electrons. The molecule has 3 aromatic rings. The van der Waals surface area contributed by atoms with Gasteiger partial charge in [0.15, 0.2) is 0 Å². The molecule has 0 radical (unpaired) electrons. The van der Waals surface area contributed by atoms with Crippen LogP contribution in [0.1, 0.15) is 5.56 Å². The number of nitrogens with one attached hydrogen (secondary N) is 1. The highest BCUT2D eigenvalue weighted by atomic mass is 35.5. The van der Waals surface area contributed by atoms with E-state index in [4.69, 9.17) is 23.2 Å². The molecular formula is C17H15Cl2N5O. The van der Waals surface area contributed by atoms with Crippen molar-refractivity contribution in [3.8, 4) is 11.4 Å². The monoisotopic (exact) mass is 375 g/mol. The highest BCUT2D eigenvalue weighted by Crippen LogP contribution is 2.16. The van der Waals surface area contributed by atoms with E-state index in [1.165, 1.54) is 4.80 Å². The van der Waals surface area contributed by atoms with E-state index in [-0.39, 0.29) is 12.5 Å². The molecular weight excluding hydrogens is 361 g/mol. The van der Waals surface area contributed by atoms with E-state index in [2.05, 4.69) is 20.7 Å². The van der Waals surface area contributed by atoms with Crippen molar-refractivity contribution >= 4 is 29.1 Å². The number of benzene rings is 2. The van der Waals surface area contributed by atoms with Gasteiger partial charge in [0.25, 0.3) is 0 Å². The van der Waals surface area contributed by atoms with E-state index in [0.717, 1.165) is 11.1 Å². The Balaban J connectivity index is 1.50. The van der Waals surface area contributed by atoms with Crippen molar-refractivity contribution in [3.63, 3.8) is 0 Å². The first-order valence-corrected chi connectivity index (χ1v) is 8.40. The summed E-state index contributed by atoms with van der Waals surface area (Å²) in [4.78, 5) is 13.2. The predicted molar refractivity (Wildman–Crippen MR) is 96.4 cm³/mol. The second-order valence-corrected chi connectivity index (χ2v) is 6.25. The standard InChI is InChI=1S/C17H15Cl2N5O/c18-14-6-4-13(5-7-14)17-21-23-24(22-17)11-16(25)20-9-8-12-2-1-3-15(19)10-12/h1-7,10H,8-9,11H2,(H,20,25). The van der Waals surface area contributed by atoms with Gasteiger partial charge in [-0.05, 0) is 53.6 Å². The first-order chi connectivity index (χ1) is 12.1. The second kappa shape index (κ2) is 8.09. The minimum Gasteiger partial charge on any atom is -0.354 e. The van der Waals surface area contributed by atoms with Crippen molar-refractivity contribution in [2.45, 2.75) is 13.0 Å². The molecule has 0 unspecified atom stereocenters. The molecule has 0 aliphatic rings. The molecule has 2 aromatic carbocycles. The Kier molecular flexibility index (Phi) is 5.63. The minimum absolute atomic E-state index is 0.0101. The summed E-state index contributed by atoms with van der Waals surface area (Å²) in [7, 11) is 0. The normalized spacial score (nSPS) is 10.6. The molecule has 0 atom stereocenters. The number of rotatable bonds is 6. The third-order valence-electron chi connectivity index (χ3n) is 3.47. The predicted octanol–water partition coefficient (Wildman–Crippen LogP) is 3.01. The van der Waals surface area contributed by atoms with Crippen LogP contribution in [0.15, 0.2) is 48.5 Å². The van der Waals surface area contributed by atoms with Gasteiger partial charge in [-0.2, -0.15) is 4.80 Å². The number of carbonyl (C=O) groups is 1. The van der Waals surface area contributed by atoms with Crippen LogP contribution < -0.4 is 5.32 Å². The summed E-state index contributed by atoms with van der Waals surface area (Å²) in [5, 5.41) is 16.2. The summed E-state index contributed by atoms with van der Waals surface area (Å²) in [6.45, 7) is 0.522. The number of carbonyl (C=O) groups excluding carboxylic acids is 1. The van der Waals surface area contributed by atoms with Crippen LogP contribution in [0, 0.1) is 0 Å². The number of tetrazole rings is 1. The van der Waals surface area contributed by atoms with Gasteiger partial charge in [-0.15, -0.1) is 10.2 Å². The Hall–Kier alpha value is -2.44. The highest BCUT2D eigenvalue weighted by Gasteiger charge is 2.09. The van der Waals surface area contributed by atoms with Gasteiger partial charge in [0, 0.05) is 22.2 Å². The number of nitrogens with zero attached hydrogens (tertiary/aromatic N) is 4. The van der Waals surface area contributed by atoms with Gasteiger partial charge in [-0.25, -0.2) is 0 Å². The fourth-order valence-corrected chi connectivity index (χ4v) is 2.59. The van der Waals surface area contributed by atoms with Crippen LogP contribution in [0.5, 0.6) is 0 Å². The molecule has 1 aromatic heterocycles. The molecule has 8 heteroatoms. The maximum absolute atomic E-state index is 12.0. The molecule has 1 heterocycles. The summed E-state index contributed by atoms with van der Waals surface area (Å²) in [5.74, 6) is 0.269. The lowest BCUT2D eigenvalue weighted by Gasteiger charge is -2.05. The first kappa shape index (κ1) is 17.4. The SMILES string of the molecule is O=C(Cn1nnc(-c2ccc(Cl)cc2)n1)NCCc1cccc(Cl)c1. The lowest BCUT2D eigenvalue weighted by Crippen LogP contribution is -2.30. The van der Waals surface area contributed by atoms with E-state index >= 15 is 0 Å². The van der Waals surface area contributed by atoms with Gasteiger partial charge in [-0.3, -0.25) is 4.79 Å². The molecule has 0 spiro atoms. The van der Waals surface area contributed by atoms with E-state index in [1.807, 2.05) is 24.3 Å². The maximum atomic E-state index is 12.0. The van der Waals surface area contributed by atoms with E-state index in [9.17, 15) is 4.79 Å². The molecule has 0 saturated heterocycles. The number of halogens is 2. The van der Waals surface area contributed by atoms with Gasteiger partial charge in [0.1, 0.15) is 6.54 Å². The summed E-state index contributed by atoms with van der Waals surface area (Å²) < 4.78 is 0. The molecule has 1 amide bonds. The largest absolute Gasteiger partial charge is 0.354 e. The van der Waals surface area contributed by atoms with Crippen molar-refractivity contribution in [1.82, 2.24) is 25.5 Å². The van der Waals surface area contributed by atoms with Crippen LogP contribution in [-0.2, 0) is 17.8 Å². The first-order valence-electron chi connectivity index (χ1n) is 7.65. The van der Waals surface area contributed by atoms with Crippen LogP contribution >= 0.6 is 23.2 Å². The van der Waals surface area contributed by atoms with Gasteiger partial charge in [0.2, 0.25) is 11.7 Å². The van der Waals surface area contributed by atoms with Crippen LogP contribution in [0.2, 0.25) is 10.0 Å². The zero-order chi connectivity index (χ0) is 17.6. The fraction of sp³-hybridized carbons (Fsp3) is 0.176. The topological polar surface area (TPSA) is 72.7 Å². The van der Waals surface area contributed by atoms with Crippen molar-refractivity contribution < 1.29 is 4.79 Å². The van der Waals surface area contributed by atoms with Gasteiger partial charge >= 0.3 is 0 Å². The van der Waals surface area contributed by atoms with Crippen molar-refractivity contribution in [1.29, 1.82) is 0 Å². The Morgan fingerprint density at radius 1 is 1.08 bits per heavy atom. The van der Waals surface area contributed by atoms with E-state index in [0.29, 0.717) is 28.8 Å². The molecule has 1 N–H and O–H groups in total. The van der Waals surface area contributed by atoms with Crippen molar-refractivity contribution in [2.24, 2.45) is 0 Å². The van der Waals surface area contributed by atoms with Crippen LogP contribution in [-0.4, -0.2) is 32.7 Å². The average molecular weight is 376 g/mol. The Morgan fingerprint density at radius 2 is 1.88 bits per heavy atom. The number of hydrogen-bond donors (Lipinski definition) is 1. The van der Waals surface area contributed by atoms with Crippen LogP contribution in [0.4, 0.5) is 0 Å². The van der Waals surface area contributed by atoms with Crippen LogP contribution in [0.25, 0.3) is 11.4 Å². The smallest absolute Gasteiger partial charge is 0.243 e. The lowest BCUT2D eigenvalue weighted by atomic mass is 10.1. The summed E-state index contributed by atoms with van der Waals surface area (Å²) in [5.41, 5.74) is 1.86. The molecule has 3 rings (SSSR count). The summed E-state index contributed by atoms with van der Waals surface area (Å²) in [6.07, 6.45) is 0.701. The highest BCUT2D eigenvalue weighted by molar-refractivity contribution is 6.30. The Labute approximate surface area is 154 Å². The zero-order valence-electron chi connectivity index (χ0n) is 13.2. The molecule has 25 heavy (non-hydrogen) atoms. The molecule has 0 fully saturated rings. The number of aromatic nitrogens is 4. The second-order valence-electron chi connectivity index (χ2n) is 5.38. The van der Waals surface area contributed by atoms with Gasteiger partial charge < -0.3 is 5.32 Å². The third kappa shape index (κ3) is 5.01. The third-order valence-corrected chi connectivity index (χ3v) is 3.95. The lowest BCUT2D eigenvalue weighted by molar-refractivity contribution is -0.122. The molecule has 0 bridgehead atoms. The minimum atomic E-state index is -0.179. The number of hydrogen-bond acceptors (Lipinski definition) is 4. The molecule has 0 saturated carbocycles. The summed E-state index contributed by atoms with van der Waals surface area (Å²) >= 11 is 11.8. The maximum Gasteiger partial charge on any atom is 0.243 e. The van der Waals surface area contributed by atoms with Crippen molar-refractivity contribution in [2.75, 3.05) is 6.54 Å².